The molecule has 0 saturated heterocycles. The van der Waals surface area contributed by atoms with Gasteiger partial charge >= 0.3 is 0 Å². The molecule has 0 aliphatic heterocycles. The van der Waals surface area contributed by atoms with Crippen molar-refractivity contribution in [2.24, 2.45) is 0 Å². The molecule has 86 valence electrons. The molecular weight excluding hydrogens is 224 g/mol. The molecule has 0 amide bonds. The van der Waals surface area contributed by atoms with Gasteiger partial charge in [0.15, 0.2) is 5.65 Å². The average Bonchev–Trinajstić information content (AvgIpc) is 2.86. The smallest absolute Gasteiger partial charge is 0.156 e. The molecular formula is C14H10N4. The third-order valence-electron chi connectivity index (χ3n) is 2.83. The van der Waals surface area contributed by atoms with E-state index in [0.29, 0.717) is 5.56 Å². The van der Waals surface area contributed by atoms with Crippen molar-refractivity contribution in [3.05, 3.63) is 53.9 Å². The second-order valence-electron chi connectivity index (χ2n) is 4.14. The van der Waals surface area contributed by atoms with Crippen molar-refractivity contribution in [3.63, 3.8) is 0 Å². The van der Waals surface area contributed by atoms with E-state index < -0.39 is 0 Å². The van der Waals surface area contributed by atoms with Gasteiger partial charge in [0.2, 0.25) is 0 Å². The van der Waals surface area contributed by atoms with Crippen molar-refractivity contribution in [3.8, 4) is 17.3 Å². The van der Waals surface area contributed by atoms with E-state index in [-0.39, 0.29) is 0 Å². The molecule has 4 nitrogen and oxygen atoms in total. The van der Waals surface area contributed by atoms with E-state index in [4.69, 9.17) is 5.26 Å². The zero-order chi connectivity index (χ0) is 12.5. The Morgan fingerprint density at radius 3 is 2.67 bits per heavy atom. The lowest BCUT2D eigenvalue weighted by molar-refractivity contribution is 0.966. The maximum Gasteiger partial charge on any atom is 0.156 e. The largest absolute Gasteiger partial charge is 0.215 e. The molecule has 0 aliphatic carbocycles. The first-order chi connectivity index (χ1) is 8.78. The Hall–Kier alpha value is -2.67. The Kier molecular flexibility index (Phi) is 2.31. The van der Waals surface area contributed by atoms with Crippen molar-refractivity contribution in [1.82, 2.24) is 14.6 Å². The molecule has 4 heteroatoms. The first-order valence-corrected chi connectivity index (χ1v) is 5.59. The van der Waals surface area contributed by atoms with Gasteiger partial charge in [-0.3, -0.25) is 0 Å². The SMILES string of the molecule is Cc1cc(-c2ccc(C#N)cc2)n2ncnc2c1. The van der Waals surface area contributed by atoms with Gasteiger partial charge in [0, 0.05) is 5.56 Å². The minimum absolute atomic E-state index is 0.654. The molecule has 0 aliphatic rings. The van der Waals surface area contributed by atoms with Crippen molar-refractivity contribution >= 4 is 5.65 Å². The quantitative estimate of drug-likeness (QED) is 0.650. The normalized spacial score (nSPS) is 10.4. The Labute approximate surface area is 104 Å². The Morgan fingerprint density at radius 1 is 1.17 bits per heavy atom. The zero-order valence-corrected chi connectivity index (χ0v) is 9.83. The van der Waals surface area contributed by atoms with Crippen molar-refractivity contribution in [2.45, 2.75) is 6.92 Å². The van der Waals surface area contributed by atoms with Gasteiger partial charge in [0.25, 0.3) is 0 Å². The predicted molar refractivity (Wildman–Crippen MR) is 67.9 cm³/mol. The molecule has 3 rings (SSSR count). The van der Waals surface area contributed by atoms with Crippen LogP contribution in [0.5, 0.6) is 0 Å². The summed E-state index contributed by atoms with van der Waals surface area (Å²) in [4.78, 5) is 4.20. The number of hydrogen-bond donors (Lipinski definition) is 0. The summed E-state index contributed by atoms with van der Waals surface area (Å²) in [5.41, 5.74) is 4.62. The van der Waals surface area contributed by atoms with Crippen LogP contribution in [0.15, 0.2) is 42.7 Å². The third kappa shape index (κ3) is 1.62. The van der Waals surface area contributed by atoms with E-state index in [1.807, 2.05) is 25.1 Å². The minimum Gasteiger partial charge on any atom is -0.215 e. The van der Waals surface area contributed by atoms with Crippen molar-refractivity contribution in [1.29, 1.82) is 5.26 Å². The lowest BCUT2D eigenvalue weighted by atomic mass is 10.1. The fraction of sp³-hybridized carbons (Fsp3) is 0.0714. The third-order valence-corrected chi connectivity index (χ3v) is 2.83. The van der Waals surface area contributed by atoms with Crippen molar-refractivity contribution in [2.75, 3.05) is 0 Å². The van der Waals surface area contributed by atoms with E-state index >= 15 is 0 Å². The van der Waals surface area contributed by atoms with Gasteiger partial charge in [-0.1, -0.05) is 12.1 Å². The molecule has 0 N–H and O–H groups in total. The Bertz CT molecular complexity index is 748. The number of nitriles is 1. The van der Waals surface area contributed by atoms with Crippen LogP contribution in [0, 0.1) is 18.3 Å². The summed E-state index contributed by atoms with van der Waals surface area (Å²) >= 11 is 0. The summed E-state index contributed by atoms with van der Waals surface area (Å²) in [5, 5.41) is 13.0. The monoisotopic (exact) mass is 234 g/mol. The van der Waals surface area contributed by atoms with E-state index in [1.165, 1.54) is 0 Å². The number of hydrogen-bond acceptors (Lipinski definition) is 3. The highest BCUT2D eigenvalue weighted by atomic mass is 15.3. The lowest BCUT2D eigenvalue weighted by Crippen LogP contribution is -1.95. The Balaban J connectivity index is 2.24. The summed E-state index contributed by atoms with van der Waals surface area (Å²) in [6.45, 7) is 2.03. The van der Waals surface area contributed by atoms with Crippen LogP contribution >= 0.6 is 0 Å². The number of aryl methyl sites for hydroxylation is 1. The number of rotatable bonds is 1. The number of aromatic nitrogens is 3. The number of benzene rings is 1. The molecule has 3 aromatic rings. The maximum atomic E-state index is 8.80. The van der Waals surface area contributed by atoms with Crippen LogP contribution in [0.25, 0.3) is 16.9 Å². The molecule has 18 heavy (non-hydrogen) atoms. The van der Waals surface area contributed by atoms with Crippen LogP contribution in [-0.2, 0) is 0 Å². The molecule has 2 heterocycles. The average molecular weight is 234 g/mol. The highest BCUT2D eigenvalue weighted by Crippen LogP contribution is 2.21. The van der Waals surface area contributed by atoms with Gasteiger partial charge in [0.05, 0.1) is 17.3 Å². The highest BCUT2D eigenvalue weighted by Gasteiger charge is 2.06. The zero-order valence-electron chi connectivity index (χ0n) is 9.83. The summed E-state index contributed by atoms with van der Waals surface area (Å²) in [6, 6.07) is 13.6. The van der Waals surface area contributed by atoms with E-state index in [0.717, 1.165) is 22.5 Å². The number of pyridine rings is 1. The lowest BCUT2D eigenvalue weighted by Gasteiger charge is -2.06. The summed E-state index contributed by atoms with van der Waals surface area (Å²) in [6.07, 6.45) is 1.54. The molecule has 1 aromatic carbocycles. The summed E-state index contributed by atoms with van der Waals surface area (Å²) in [5.74, 6) is 0. The molecule has 0 fully saturated rings. The van der Waals surface area contributed by atoms with E-state index in [1.54, 1.807) is 23.0 Å². The molecule has 0 saturated carbocycles. The van der Waals surface area contributed by atoms with Crippen LogP contribution in [0.3, 0.4) is 0 Å². The van der Waals surface area contributed by atoms with Gasteiger partial charge in [-0.2, -0.15) is 10.4 Å². The second-order valence-corrected chi connectivity index (χ2v) is 4.14. The molecule has 2 aromatic heterocycles. The Morgan fingerprint density at radius 2 is 1.94 bits per heavy atom. The van der Waals surface area contributed by atoms with Gasteiger partial charge in [-0.05, 0) is 36.8 Å². The first-order valence-electron chi connectivity index (χ1n) is 5.59. The molecule has 0 unspecified atom stereocenters. The fourth-order valence-corrected chi connectivity index (χ4v) is 1.98. The van der Waals surface area contributed by atoms with Gasteiger partial charge in [-0.15, -0.1) is 0 Å². The number of nitrogens with zero attached hydrogens (tertiary/aromatic N) is 4. The standard InChI is InChI=1S/C14H10N4/c1-10-6-13(18-14(7-10)16-9-17-18)12-4-2-11(8-15)3-5-12/h2-7,9H,1H3. The summed E-state index contributed by atoms with van der Waals surface area (Å²) < 4.78 is 1.80. The number of fused-ring (bicyclic) bond motifs is 1. The fourth-order valence-electron chi connectivity index (χ4n) is 1.98. The van der Waals surface area contributed by atoms with Crippen molar-refractivity contribution < 1.29 is 0 Å². The molecule has 0 spiro atoms. The van der Waals surface area contributed by atoms with Crippen LogP contribution in [0.1, 0.15) is 11.1 Å². The highest BCUT2D eigenvalue weighted by molar-refractivity contribution is 5.64. The predicted octanol–water partition coefficient (Wildman–Crippen LogP) is 2.58. The minimum atomic E-state index is 0.654. The topological polar surface area (TPSA) is 54.0 Å². The van der Waals surface area contributed by atoms with Gasteiger partial charge in [0.1, 0.15) is 6.33 Å². The molecule has 0 atom stereocenters. The maximum absolute atomic E-state index is 8.80. The van der Waals surface area contributed by atoms with Crippen LogP contribution in [-0.4, -0.2) is 14.6 Å². The van der Waals surface area contributed by atoms with Crippen LogP contribution in [0.2, 0.25) is 0 Å². The first kappa shape index (κ1) is 10.5. The van der Waals surface area contributed by atoms with Crippen LogP contribution in [0.4, 0.5) is 0 Å². The van der Waals surface area contributed by atoms with E-state index in [2.05, 4.69) is 22.2 Å². The van der Waals surface area contributed by atoms with Gasteiger partial charge in [-0.25, -0.2) is 9.50 Å². The van der Waals surface area contributed by atoms with E-state index in [9.17, 15) is 0 Å². The van der Waals surface area contributed by atoms with Gasteiger partial charge < -0.3 is 0 Å². The molecule has 0 bridgehead atoms. The van der Waals surface area contributed by atoms with Crippen LogP contribution < -0.4 is 0 Å². The summed E-state index contributed by atoms with van der Waals surface area (Å²) in [7, 11) is 0. The molecule has 0 radical (unpaired) electrons. The second kappa shape index (κ2) is 3.97.